The van der Waals surface area contributed by atoms with Crippen LogP contribution >= 0.6 is 0 Å². The fourth-order valence-electron chi connectivity index (χ4n) is 3.98. The molecule has 0 aromatic heterocycles. The molecule has 0 fully saturated rings. The lowest BCUT2D eigenvalue weighted by Gasteiger charge is -2.18. The lowest BCUT2D eigenvalue weighted by molar-refractivity contribution is 0.958. The number of allylic oxidation sites excluding steroid dienone is 3. The molecule has 0 spiro atoms. The Bertz CT molecular complexity index is 1360. The van der Waals surface area contributed by atoms with Crippen LogP contribution in [-0.2, 0) is 0 Å². The van der Waals surface area contributed by atoms with E-state index in [1.54, 1.807) is 6.08 Å². The Hall–Kier alpha value is -4.44. The minimum Gasteiger partial charge on any atom is -0.394 e. The molecule has 0 amide bonds. The first-order valence-electron chi connectivity index (χ1n) is 12.4. The molecular formula is C33H36N4. The van der Waals surface area contributed by atoms with Gasteiger partial charge in [0.05, 0.1) is 5.69 Å². The molecule has 4 nitrogen and oxygen atoms in total. The van der Waals surface area contributed by atoms with Crippen LogP contribution in [0.3, 0.4) is 0 Å². The molecule has 3 aromatic carbocycles. The normalized spacial score (nSPS) is 12.2. The molecule has 188 valence electrons. The maximum absolute atomic E-state index is 7.14. The summed E-state index contributed by atoms with van der Waals surface area (Å²) in [4.78, 5) is 5.09. The number of rotatable bonds is 11. The standard InChI is InChI=1S/C33H36N4/c1-24(12-9-10-20-34)23-36-27(4)33-31(29-13-7-6-8-14-29)15-11-16-32(33)37-26(3)30-18-17-28(19-21-35-5)25(2)22-30/h6-22,34-36H,4,23H2,1-3,5H3/b10-9-,21-19-,24-12+,34-20?,37-26?. The summed E-state index contributed by atoms with van der Waals surface area (Å²) in [5.74, 6) is 0. The van der Waals surface area contributed by atoms with E-state index in [0.29, 0.717) is 6.54 Å². The van der Waals surface area contributed by atoms with E-state index in [9.17, 15) is 0 Å². The van der Waals surface area contributed by atoms with Gasteiger partial charge in [0.15, 0.2) is 0 Å². The van der Waals surface area contributed by atoms with Crippen molar-refractivity contribution >= 4 is 29.4 Å². The van der Waals surface area contributed by atoms with Crippen LogP contribution in [0.4, 0.5) is 5.69 Å². The molecule has 0 atom stereocenters. The quantitative estimate of drug-likeness (QED) is 0.191. The molecule has 3 aromatic rings. The van der Waals surface area contributed by atoms with Crippen molar-refractivity contribution < 1.29 is 0 Å². The van der Waals surface area contributed by atoms with Crippen molar-refractivity contribution in [2.24, 2.45) is 4.99 Å². The molecule has 3 N–H and O–H groups in total. The molecule has 0 bridgehead atoms. The van der Waals surface area contributed by atoms with E-state index in [-0.39, 0.29) is 0 Å². The predicted molar refractivity (Wildman–Crippen MR) is 162 cm³/mol. The van der Waals surface area contributed by atoms with Gasteiger partial charge in [-0.25, -0.2) is 0 Å². The molecule has 0 radical (unpaired) electrons. The van der Waals surface area contributed by atoms with Gasteiger partial charge in [-0.1, -0.05) is 78.9 Å². The van der Waals surface area contributed by atoms with Crippen molar-refractivity contribution in [3.05, 3.63) is 126 Å². The van der Waals surface area contributed by atoms with Gasteiger partial charge in [-0.3, -0.25) is 4.99 Å². The van der Waals surface area contributed by atoms with E-state index >= 15 is 0 Å². The second-order valence-electron chi connectivity index (χ2n) is 8.85. The van der Waals surface area contributed by atoms with E-state index in [1.165, 1.54) is 17.3 Å². The second-order valence-corrected chi connectivity index (χ2v) is 8.85. The highest BCUT2D eigenvalue weighted by Crippen LogP contribution is 2.35. The highest BCUT2D eigenvalue weighted by atomic mass is 14.9. The summed E-state index contributed by atoms with van der Waals surface area (Å²) < 4.78 is 0. The van der Waals surface area contributed by atoms with Crippen LogP contribution in [0.5, 0.6) is 0 Å². The summed E-state index contributed by atoms with van der Waals surface area (Å²) in [7, 11) is 1.90. The van der Waals surface area contributed by atoms with Crippen LogP contribution in [0.2, 0.25) is 0 Å². The van der Waals surface area contributed by atoms with Gasteiger partial charge in [0.1, 0.15) is 0 Å². The Balaban J connectivity index is 2.02. The minimum absolute atomic E-state index is 0.646. The van der Waals surface area contributed by atoms with Crippen LogP contribution in [-0.4, -0.2) is 25.5 Å². The summed E-state index contributed by atoms with van der Waals surface area (Å²) in [6, 6.07) is 23.0. The van der Waals surface area contributed by atoms with Crippen molar-refractivity contribution in [2.75, 3.05) is 13.6 Å². The highest BCUT2D eigenvalue weighted by molar-refractivity contribution is 6.02. The van der Waals surface area contributed by atoms with E-state index < -0.39 is 0 Å². The number of hydrogen-bond donors (Lipinski definition) is 3. The van der Waals surface area contributed by atoms with Crippen LogP contribution in [0.1, 0.15) is 36.1 Å². The van der Waals surface area contributed by atoms with Gasteiger partial charge >= 0.3 is 0 Å². The highest BCUT2D eigenvalue weighted by Gasteiger charge is 2.14. The third kappa shape index (κ3) is 7.52. The zero-order valence-corrected chi connectivity index (χ0v) is 22.2. The molecule has 3 rings (SSSR count). The average Bonchev–Trinajstić information content (AvgIpc) is 2.91. The second kappa shape index (κ2) is 13.6. The Morgan fingerprint density at radius 1 is 1.00 bits per heavy atom. The van der Waals surface area contributed by atoms with E-state index in [1.807, 2.05) is 49.7 Å². The fourth-order valence-corrected chi connectivity index (χ4v) is 3.98. The smallest absolute Gasteiger partial charge is 0.0732 e. The van der Waals surface area contributed by atoms with Crippen molar-refractivity contribution in [3.8, 4) is 11.1 Å². The van der Waals surface area contributed by atoms with Gasteiger partial charge in [0.25, 0.3) is 0 Å². The first-order valence-corrected chi connectivity index (χ1v) is 12.4. The van der Waals surface area contributed by atoms with Gasteiger partial charge < -0.3 is 16.0 Å². The zero-order valence-electron chi connectivity index (χ0n) is 22.2. The Morgan fingerprint density at radius 3 is 2.49 bits per heavy atom. The largest absolute Gasteiger partial charge is 0.394 e. The predicted octanol–water partition coefficient (Wildman–Crippen LogP) is 7.71. The van der Waals surface area contributed by atoms with E-state index in [4.69, 9.17) is 10.4 Å². The number of aryl methyl sites for hydroxylation is 1. The molecular weight excluding hydrogens is 452 g/mol. The zero-order chi connectivity index (χ0) is 26.6. The molecule has 0 aliphatic carbocycles. The Labute approximate surface area is 221 Å². The molecule has 0 aliphatic rings. The molecule has 0 heterocycles. The molecule has 37 heavy (non-hydrogen) atoms. The van der Waals surface area contributed by atoms with Crippen molar-refractivity contribution in [3.63, 3.8) is 0 Å². The number of benzene rings is 3. The van der Waals surface area contributed by atoms with Gasteiger partial charge in [-0.2, -0.15) is 0 Å². The van der Waals surface area contributed by atoms with Crippen LogP contribution in [0.25, 0.3) is 22.9 Å². The number of nitrogens with zero attached hydrogens (tertiary/aromatic N) is 1. The van der Waals surface area contributed by atoms with Crippen LogP contribution < -0.4 is 10.6 Å². The summed E-state index contributed by atoms with van der Waals surface area (Å²) in [6.07, 6.45) is 10.8. The third-order valence-electron chi connectivity index (χ3n) is 6.00. The maximum Gasteiger partial charge on any atom is 0.0732 e. The van der Waals surface area contributed by atoms with Gasteiger partial charge in [0, 0.05) is 36.8 Å². The van der Waals surface area contributed by atoms with E-state index in [0.717, 1.165) is 44.9 Å². The van der Waals surface area contributed by atoms with E-state index in [2.05, 4.69) is 86.5 Å². The summed E-state index contributed by atoms with van der Waals surface area (Å²) in [6.45, 7) is 11.3. The lowest BCUT2D eigenvalue weighted by Crippen LogP contribution is -2.14. The molecule has 0 aliphatic heterocycles. The minimum atomic E-state index is 0.646. The van der Waals surface area contributed by atoms with Gasteiger partial charge in [-0.05, 0) is 79.1 Å². The fraction of sp³-hybridized carbons (Fsp3) is 0.152. The Morgan fingerprint density at radius 2 is 1.78 bits per heavy atom. The van der Waals surface area contributed by atoms with Crippen molar-refractivity contribution in [2.45, 2.75) is 20.8 Å². The van der Waals surface area contributed by atoms with Crippen molar-refractivity contribution in [1.82, 2.24) is 10.6 Å². The van der Waals surface area contributed by atoms with Gasteiger partial charge in [0.2, 0.25) is 0 Å². The lowest BCUT2D eigenvalue weighted by atomic mass is 9.96. The summed E-state index contributed by atoms with van der Waals surface area (Å²) in [5, 5.41) is 13.7. The first kappa shape index (κ1) is 27.2. The van der Waals surface area contributed by atoms with Gasteiger partial charge in [-0.15, -0.1) is 0 Å². The summed E-state index contributed by atoms with van der Waals surface area (Å²) in [5.41, 5.74) is 10.4. The molecule has 0 saturated carbocycles. The number of nitrogens with one attached hydrogen (secondary N) is 3. The average molecular weight is 489 g/mol. The third-order valence-corrected chi connectivity index (χ3v) is 6.00. The Kier molecular flexibility index (Phi) is 9.98. The monoisotopic (exact) mass is 488 g/mol. The number of aliphatic imine (C=N–C) groups is 1. The maximum atomic E-state index is 7.14. The van der Waals surface area contributed by atoms with Crippen LogP contribution in [0, 0.1) is 12.3 Å². The first-order chi connectivity index (χ1) is 17.9. The SMILES string of the molecule is C=C(NC/C(C)=C/C=C\C=N)c1c(N=C(C)c2ccc(/C=C\NC)c(C)c2)cccc1-c1ccccc1. The number of hydrogen-bond acceptors (Lipinski definition) is 4. The topological polar surface area (TPSA) is 60.3 Å². The molecule has 4 heteroatoms. The molecule has 0 saturated heterocycles. The van der Waals surface area contributed by atoms with Crippen molar-refractivity contribution in [1.29, 1.82) is 5.41 Å². The molecule has 0 unspecified atom stereocenters. The summed E-state index contributed by atoms with van der Waals surface area (Å²) >= 11 is 0. The van der Waals surface area contributed by atoms with Crippen LogP contribution in [0.15, 0.2) is 108 Å².